The van der Waals surface area contributed by atoms with E-state index in [4.69, 9.17) is 0 Å². The second-order valence-electron chi connectivity index (χ2n) is 3.87. The molecule has 0 aliphatic heterocycles. The summed E-state index contributed by atoms with van der Waals surface area (Å²) in [6.07, 6.45) is -3.52. The number of halogens is 4. The van der Waals surface area contributed by atoms with E-state index in [1.807, 2.05) is 6.92 Å². The van der Waals surface area contributed by atoms with Gasteiger partial charge in [-0.3, -0.25) is 0 Å². The molecule has 0 aliphatic rings. The Morgan fingerprint density at radius 3 is 2.39 bits per heavy atom. The van der Waals surface area contributed by atoms with E-state index in [1.54, 1.807) is 0 Å². The van der Waals surface area contributed by atoms with Crippen LogP contribution in [0.4, 0.5) is 23.2 Å². The third-order valence-electron chi connectivity index (χ3n) is 2.34. The van der Waals surface area contributed by atoms with Crippen LogP contribution in [0, 0.1) is 5.82 Å². The first-order chi connectivity index (χ1) is 8.45. The lowest BCUT2D eigenvalue weighted by Crippen LogP contribution is -2.23. The Labute approximate surface area is 103 Å². The monoisotopic (exact) mass is 264 g/mol. The first-order valence-electron chi connectivity index (χ1n) is 5.76. The molecule has 0 unspecified atom stereocenters. The molecule has 1 rings (SSSR count). The predicted octanol–water partition coefficient (Wildman–Crippen LogP) is 3.26. The summed E-state index contributed by atoms with van der Waals surface area (Å²) in [5, 5.41) is 5.84. The van der Waals surface area contributed by atoms with Crippen molar-refractivity contribution in [3.05, 3.63) is 29.6 Å². The van der Waals surface area contributed by atoms with Crippen LogP contribution in [0.2, 0.25) is 0 Å². The van der Waals surface area contributed by atoms with Gasteiger partial charge in [0, 0.05) is 13.1 Å². The van der Waals surface area contributed by atoms with Crippen molar-refractivity contribution in [2.24, 2.45) is 0 Å². The molecule has 0 radical (unpaired) electrons. The second kappa shape index (κ2) is 6.58. The number of hydrogen-bond donors (Lipinski definition) is 2. The molecule has 1 aromatic rings. The minimum atomic E-state index is -4.51. The topological polar surface area (TPSA) is 24.1 Å². The van der Waals surface area contributed by atoms with Gasteiger partial charge in [0.2, 0.25) is 0 Å². The first-order valence-corrected chi connectivity index (χ1v) is 5.76. The number of rotatable bonds is 6. The Kier molecular flexibility index (Phi) is 5.40. The van der Waals surface area contributed by atoms with Gasteiger partial charge >= 0.3 is 6.18 Å². The molecule has 2 nitrogen and oxygen atoms in total. The van der Waals surface area contributed by atoms with Gasteiger partial charge in [0.1, 0.15) is 5.82 Å². The lowest BCUT2D eigenvalue weighted by Gasteiger charge is -2.11. The van der Waals surface area contributed by atoms with Crippen LogP contribution >= 0.6 is 0 Å². The maximum Gasteiger partial charge on any atom is 0.416 e. The highest BCUT2D eigenvalue weighted by atomic mass is 19.4. The molecule has 0 atom stereocenters. The van der Waals surface area contributed by atoms with Gasteiger partial charge in [0.25, 0.3) is 0 Å². The summed E-state index contributed by atoms with van der Waals surface area (Å²) in [5.74, 6) is -0.889. The molecule has 6 heteroatoms. The largest absolute Gasteiger partial charge is 0.416 e. The van der Waals surface area contributed by atoms with E-state index in [0.717, 1.165) is 25.1 Å². The molecule has 2 N–H and O–H groups in total. The lowest BCUT2D eigenvalue weighted by atomic mass is 10.2. The molecule has 0 fully saturated rings. The molecule has 0 saturated heterocycles. The summed E-state index contributed by atoms with van der Waals surface area (Å²) in [5.41, 5.74) is -0.893. The number of benzene rings is 1. The van der Waals surface area contributed by atoms with Crippen molar-refractivity contribution in [2.45, 2.75) is 19.5 Å². The standard InChI is InChI=1S/C12H16F4N2/c1-2-5-17-6-7-18-11-4-3-9(8-10(11)13)12(14,15)16/h3-4,8,17-18H,2,5-7H2,1H3. The van der Waals surface area contributed by atoms with Crippen LogP contribution in [0.15, 0.2) is 18.2 Å². The number of anilines is 1. The van der Waals surface area contributed by atoms with E-state index in [2.05, 4.69) is 10.6 Å². The Morgan fingerprint density at radius 1 is 1.11 bits per heavy atom. The van der Waals surface area contributed by atoms with Crippen molar-refractivity contribution in [1.29, 1.82) is 0 Å². The Balaban J connectivity index is 2.53. The van der Waals surface area contributed by atoms with Crippen molar-refractivity contribution in [2.75, 3.05) is 25.0 Å². The van der Waals surface area contributed by atoms with Crippen LogP contribution in [-0.4, -0.2) is 19.6 Å². The Morgan fingerprint density at radius 2 is 1.83 bits per heavy atom. The molecule has 0 aromatic heterocycles. The molecule has 0 spiro atoms. The fourth-order valence-electron chi connectivity index (χ4n) is 1.42. The zero-order valence-corrected chi connectivity index (χ0v) is 10.1. The molecule has 0 saturated carbocycles. The zero-order chi connectivity index (χ0) is 13.6. The summed E-state index contributed by atoms with van der Waals surface area (Å²) in [6, 6.07) is 2.48. The van der Waals surface area contributed by atoms with Crippen molar-refractivity contribution >= 4 is 5.69 Å². The highest BCUT2D eigenvalue weighted by Gasteiger charge is 2.31. The maximum absolute atomic E-state index is 13.4. The smallest absolute Gasteiger partial charge is 0.381 e. The summed E-state index contributed by atoms with van der Waals surface area (Å²) < 4.78 is 50.3. The molecule has 0 heterocycles. The van der Waals surface area contributed by atoms with Gasteiger partial charge in [0.15, 0.2) is 0 Å². The summed E-state index contributed by atoms with van der Waals surface area (Å²) in [6.45, 7) is 3.98. The van der Waals surface area contributed by atoms with E-state index in [1.165, 1.54) is 0 Å². The molecular formula is C12H16F4N2. The van der Waals surface area contributed by atoms with Gasteiger partial charge in [-0.2, -0.15) is 13.2 Å². The summed E-state index contributed by atoms with van der Waals surface area (Å²) >= 11 is 0. The van der Waals surface area contributed by atoms with Gasteiger partial charge in [0.05, 0.1) is 11.3 Å². The van der Waals surface area contributed by atoms with Gasteiger partial charge in [-0.25, -0.2) is 4.39 Å². The maximum atomic E-state index is 13.4. The molecule has 102 valence electrons. The highest BCUT2D eigenvalue weighted by molar-refractivity contribution is 5.46. The molecule has 0 aliphatic carbocycles. The van der Waals surface area contributed by atoms with Gasteiger partial charge < -0.3 is 10.6 Å². The van der Waals surface area contributed by atoms with Crippen LogP contribution in [0.25, 0.3) is 0 Å². The predicted molar refractivity (Wildman–Crippen MR) is 63.1 cm³/mol. The van der Waals surface area contributed by atoms with E-state index in [0.29, 0.717) is 19.2 Å². The molecular weight excluding hydrogens is 248 g/mol. The van der Waals surface area contributed by atoms with Crippen LogP contribution in [0.3, 0.4) is 0 Å². The van der Waals surface area contributed by atoms with Crippen LogP contribution in [-0.2, 0) is 6.18 Å². The van der Waals surface area contributed by atoms with Gasteiger partial charge in [-0.15, -0.1) is 0 Å². The fourth-order valence-corrected chi connectivity index (χ4v) is 1.42. The van der Waals surface area contributed by atoms with Crippen molar-refractivity contribution < 1.29 is 17.6 Å². The quantitative estimate of drug-likeness (QED) is 0.608. The van der Waals surface area contributed by atoms with Crippen LogP contribution < -0.4 is 10.6 Å². The average Bonchev–Trinajstić information content (AvgIpc) is 2.29. The normalized spacial score (nSPS) is 11.6. The lowest BCUT2D eigenvalue weighted by molar-refractivity contribution is -0.137. The van der Waals surface area contributed by atoms with Crippen LogP contribution in [0.1, 0.15) is 18.9 Å². The van der Waals surface area contributed by atoms with E-state index < -0.39 is 17.6 Å². The molecule has 1 aromatic carbocycles. The number of hydrogen-bond acceptors (Lipinski definition) is 2. The number of nitrogens with one attached hydrogen (secondary N) is 2. The SMILES string of the molecule is CCCNCCNc1ccc(C(F)(F)F)cc1F. The zero-order valence-electron chi connectivity index (χ0n) is 10.1. The number of alkyl halides is 3. The van der Waals surface area contributed by atoms with E-state index in [-0.39, 0.29) is 5.69 Å². The average molecular weight is 264 g/mol. The van der Waals surface area contributed by atoms with Gasteiger partial charge in [-0.1, -0.05) is 6.92 Å². The third-order valence-corrected chi connectivity index (χ3v) is 2.34. The fraction of sp³-hybridized carbons (Fsp3) is 0.500. The van der Waals surface area contributed by atoms with Crippen molar-refractivity contribution in [1.82, 2.24) is 5.32 Å². The first kappa shape index (κ1) is 14.8. The summed E-state index contributed by atoms with van der Waals surface area (Å²) in [7, 11) is 0. The molecule has 0 amide bonds. The Bertz CT molecular complexity index is 377. The Hall–Kier alpha value is -1.30. The minimum Gasteiger partial charge on any atom is -0.381 e. The minimum absolute atomic E-state index is 0.0845. The van der Waals surface area contributed by atoms with E-state index in [9.17, 15) is 17.6 Å². The van der Waals surface area contributed by atoms with Crippen molar-refractivity contribution in [3.63, 3.8) is 0 Å². The summed E-state index contributed by atoms with van der Waals surface area (Å²) in [4.78, 5) is 0. The van der Waals surface area contributed by atoms with Crippen LogP contribution in [0.5, 0.6) is 0 Å². The second-order valence-corrected chi connectivity index (χ2v) is 3.87. The molecule has 18 heavy (non-hydrogen) atoms. The highest BCUT2D eigenvalue weighted by Crippen LogP contribution is 2.31. The van der Waals surface area contributed by atoms with Crippen molar-refractivity contribution in [3.8, 4) is 0 Å². The van der Waals surface area contributed by atoms with E-state index >= 15 is 0 Å². The van der Waals surface area contributed by atoms with Gasteiger partial charge in [-0.05, 0) is 31.2 Å². The third kappa shape index (κ3) is 4.52. The molecule has 0 bridgehead atoms.